The molecular weight excluding hydrogens is 354 g/mol. The van der Waals surface area contributed by atoms with Gasteiger partial charge in [0.2, 0.25) is 11.6 Å². The highest BCUT2D eigenvalue weighted by Crippen LogP contribution is 2.30. The van der Waals surface area contributed by atoms with Crippen LogP contribution in [-0.4, -0.2) is 33.3 Å². The normalized spacial score (nSPS) is 13.4. The lowest BCUT2D eigenvalue weighted by atomic mass is 10.0. The van der Waals surface area contributed by atoms with Gasteiger partial charge in [0.15, 0.2) is 0 Å². The van der Waals surface area contributed by atoms with E-state index in [1.165, 1.54) is 0 Å². The van der Waals surface area contributed by atoms with Gasteiger partial charge in [-0.05, 0) is 12.1 Å². The van der Waals surface area contributed by atoms with Crippen molar-refractivity contribution in [2.75, 3.05) is 48.8 Å². The number of aromatic amines is 1. The van der Waals surface area contributed by atoms with Gasteiger partial charge >= 0.3 is 0 Å². The molecule has 0 radical (unpaired) electrons. The van der Waals surface area contributed by atoms with E-state index in [0.29, 0.717) is 30.0 Å². The molecule has 2 aromatic rings. The number of para-hydroxylation sites is 2. The van der Waals surface area contributed by atoms with Gasteiger partial charge in [0.05, 0.1) is 38.4 Å². The topological polar surface area (TPSA) is 127 Å². The first-order valence-corrected chi connectivity index (χ1v) is 8.82. The molecule has 0 spiro atoms. The highest BCUT2D eigenvalue weighted by Gasteiger charge is 2.29. The maximum atomic E-state index is 9.68. The molecule has 0 amide bonds. The van der Waals surface area contributed by atoms with Gasteiger partial charge in [0.1, 0.15) is 29.0 Å². The van der Waals surface area contributed by atoms with Gasteiger partial charge in [-0.15, -0.1) is 0 Å². The van der Waals surface area contributed by atoms with E-state index in [1.54, 1.807) is 7.11 Å². The number of nitrogen functional groups attached to an aromatic ring is 1. The van der Waals surface area contributed by atoms with Crippen molar-refractivity contribution in [2.45, 2.75) is 6.42 Å². The Balaban J connectivity index is 1.90. The lowest BCUT2D eigenvalue weighted by molar-refractivity contribution is -0.347. The van der Waals surface area contributed by atoms with Crippen molar-refractivity contribution >= 4 is 17.3 Å². The van der Waals surface area contributed by atoms with Gasteiger partial charge in [0, 0.05) is 18.7 Å². The lowest BCUT2D eigenvalue weighted by Crippen LogP contribution is -2.49. The van der Waals surface area contributed by atoms with Crippen LogP contribution in [0.15, 0.2) is 24.3 Å². The zero-order chi connectivity index (χ0) is 20.1. The van der Waals surface area contributed by atoms with Gasteiger partial charge in [-0.1, -0.05) is 12.1 Å². The van der Waals surface area contributed by atoms with Crippen molar-refractivity contribution in [3.05, 3.63) is 41.0 Å². The molecule has 1 aliphatic rings. The van der Waals surface area contributed by atoms with Crippen LogP contribution in [0.1, 0.15) is 16.7 Å². The Morgan fingerprint density at radius 1 is 1.04 bits per heavy atom. The van der Waals surface area contributed by atoms with Gasteiger partial charge in [-0.25, -0.2) is 4.98 Å². The Kier molecular flexibility index (Phi) is 5.48. The van der Waals surface area contributed by atoms with Crippen LogP contribution >= 0.6 is 0 Å². The van der Waals surface area contributed by atoms with Crippen LogP contribution in [0.25, 0.3) is 0 Å². The fourth-order valence-corrected chi connectivity index (χ4v) is 3.49. The minimum Gasteiger partial charge on any atom is -0.495 e. The molecule has 1 aliphatic heterocycles. The van der Waals surface area contributed by atoms with Crippen LogP contribution in [0.5, 0.6) is 5.75 Å². The average Bonchev–Trinajstić information content (AvgIpc) is 2.74. The number of nitriles is 3. The first kappa shape index (κ1) is 18.8. The largest absolute Gasteiger partial charge is 0.495 e. The third-order valence-electron chi connectivity index (χ3n) is 4.86. The molecule has 1 fully saturated rings. The minimum absolute atomic E-state index is 0.0428. The van der Waals surface area contributed by atoms with E-state index < -0.39 is 0 Å². The number of ether oxygens (including phenoxy) is 1. The first-order chi connectivity index (χ1) is 13.6. The van der Waals surface area contributed by atoms with Crippen LogP contribution in [-0.2, 0) is 6.42 Å². The Morgan fingerprint density at radius 3 is 2.29 bits per heavy atom. The number of nitrogens with zero attached hydrogens (tertiary/aromatic N) is 5. The molecule has 2 heterocycles. The summed E-state index contributed by atoms with van der Waals surface area (Å²) < 4.78 is 5.45. The van der Waals surface area contributed by atoms with E-state index >= 15 is 0 Å². The number of rotatable bonds is 4. The molecule has 1 aromatic heterocycles. The summed E-state index contributed by atoms with van der Waals surface area (Å²) in [5.41, 5.74) is 7.87. The SMILES string of the molecule is COc1ccccc1N1CCN(c2[nH+]c(N)c(C#N)c(CC#N)c2C#N)CC1. The molecule has 0 saturated carbocycles. The number of pyridine rings is 1. The second-order valence-electron chi connectivity index (χ2n) is 6.32. The van der Waals surface area contributed by atoms with Gasteiger partial charge in [-0.3, -0.25) is 4.90 Å². The number of aromatic nitrogens is 1. The smallest absolute Gasteiger partial charge is 0.240 e. The number of piperazine rings is 1. The van der Waals surface area contributed by atoms with Crippen molar-refractivity contribution < 1.29 is 9.72 Å². The summed E-state index contributed by atoms with van der Waals surface area (Å²) >= 11 is 0. The van der Waals surface area contributed by atoms with E-state index in [9.17, 15) is 10.5 Å². The molecule has 0 atom stereocenters. The van der Waals surface area contributed by atoms with Crippen molar-refractivity contribution in [2.24, 2.45) is 0 Å². The Morgan fingerprint density at radius 2 is 1.68 bits per heavy atom. The number of H-pyrrole nitrogens is 1. The van der Waals surface area contributed by atoms with Crippen molar-refractivity contribution in [1.82, 2.24) is 0 Å². The highest BCUT2D eigenvalue weighted by atomic mass is 16.5. The molecule has 140 valence electrons. The van der Waals surface area contributed by atoms with Crippen LogP contribution in [0.3, 0.4) is 0 Å². The standard InChI is InChI=1S/C20H19N7O/c1-28-18-5-3-2-4-17(18)26-8-10-27(11-9-26)20-16(13-23)14(6-7-21)15(12-22)19(24)25-20/h2-5H,6,8-11H2,1H3,(H2,24,25)/p+1. The number of benzene rings is 1. The zero-order valence-corrected chi connectivity index (χ0v) is 15.6. The molecule has 3 rings (SSSR count). The van der Waals surface area contributed by atoms with E-state index in [0.717, 1.165) is 24.5 Å². The average molecular weight is 374 g/mol. The van der Waals surface area contributed by atoms with Crippen LogP contribution in [0.4, 0.5) is 17.3 Å². The minimum atomic E-state index is -0.0428. The summed E-state index contributed by atoms with van der Waals surface area (Å²) in [7, 11) is 1.65. The molecule has 28 heavy (non-hydrogen) atoms. The van der Waals surface area contributed by atoms with E-state index in [2.05, 4.69) is 16.0 Å². The zero-order valence-electron chi connectivity index (χ0n) is 15.6. The first-order valence-electron chi connectivity index (χ1n) is 8.82. The number of anilines is 3. The second kappa shape index (κ2) is 8.16. The summed E-state index contributed by atoms with van der Waals surface area (Å²) in [5.74, 6) is 1.55. The molecular formula is C20H20N7O+. The molecule has 8 nitrogen and oxygen atoms in total. The van der Waals surface area contributed by atoms with Gasteiger partial charge in [0.25, 0.3) is 0 Å². The van der Waals surface area contributed by atoms with Crippen LogP contribution in [0, 0.1) is 34.0 Å². The maximum absolute atomic E-state index is 9.68. The van der Waals surface area contributed by atoms with E-state index in [-0.39, 0.29) is 17.8 Å². The molecule has 0 bridgehead atoms. The molecule has 1 aromatic carbocycles. The molecule has 8 heteroatoms. The monoisotopic (exact) mass is 374 g/mol. The lowest BCUT2D eigenvalue weighted by Gasteiger charge is -2.35. The Labute approximate surface area is 163 Å². The Bertz CT molecular complexity index is 1000. The van der Waals surface area contributed by atoms with E-state index in [4.69, 9.17) is 15.7 Å². The quantitative estimate of drug-likeness (QED) is 0.852. The third-order valence-corrected chi connectivity index (χ3v) is 4.86. The van der Waals surface area contributed by atoms with Crippen LogP contribution < -0.4 is 25.3 Å². The predicted molar refractivity (Wildman–Crippen MR) is 104 cm³/mol. The summed E-state index contributed by atoms with van der Waals surface area (Å²) in [6.45, 7) is 2.76. The summed E-state index contributed by atoms with van der Waals surface area (Å²) in [6, 6.07) is 14.0. The highest BCUT2D eigenvalue weighted by molar-refractivity contribution is 5.65. The van der Waals surface area contributed by atoms with Gasteiger partial charge in [-0.2, -0.15) is 15.8 Å². The van der Waals surface area contributed by atoms with Gasteiger partial charge < -0.3 is 15.4 Å². The number of nitrogens with two attached hydrogens (primary N) is 1. The number of hydrogen-bond acceptors (Lipinski definition) is 7. The number of methoxy groups -OCH3 is 1. The van der Waals surface area contributed by atoms with Crippen molar-refractivity contribution in [1.29, 1.82) is 15.8 Å². The second-order valence-corrected chi connectivity index (χ2v) is 6.32. The fourth-order valence-electron chi connectivity index (χ4n) is 3.49. The molecule has 0 aliphatic carbocycles. The third kappa shape index (κ3) is 3.34. The number of nitrogens with one attached hydrogen (secondary N) is 1. The summed E-state index contributed by atoms with van der Waals surface area (Å²) in [4.78, 5) is 7.26. The Hall–Kier alpha value is -3.96. The van der Waals surface area contributed by atoms with E-state index in [1.807, 2.05) is 41.3 Å². The number of hydrogen-bond donors (Lipinski definition) is 1. The molecule has 3 N–H and O–H groups in total. The van der Waals surface area contributed by atoms with Crippen molar-refractivity contribution in [3.8, 4) is 24.0 Å². The van der Waals surface area contributed by atoms with Crippen molar-refractivity contribution in [3.63, 3.8) is 0 Å². The summed E-state index contributed by atoms with van der Waals surface area (Å²) in [6.07, 6.45) is -0.0428. The molecule has 0 unspecified atom stereocenters. The summed E-state index contributed by atoms with van der Waals surface area (Å²) in [5, 5.41) is 28.1. The molecule has 1 saturated heterocycles. The predicted octanol–water partition coefficient (Wildman–Crippen LogP) is 1.23. The fraction of sp³-hybridized carbons (Fsp3) is 0.300. The van der Waals surface area contributed by atoms with Crippen LogP contribution in [0.2, 0.25) is 0 Å². The maximum Gasteiger partial charge on any atom is 0.240 e.